The summed E-state index contributed by atoms with van der Waals surface area (Å²) in [6.45, 7) is 7.57. The molecule has 2 aromatic heterocycles. The Labute approximate surface area is 120 Å². The van der Waals surface area contributed by atoms with Gasteiger partial charge in [0.25, 0.3) is 0 Å². The fourth-order valence-corrected chi connectivity index (χ4v) is 2.78. The number of piperidine rings is 1. The molecule has 0 atom stereocenters. The zero-order valence-corrected chi connectivity index (χ0v) is 12.2. The summed E-state index contributed by atoms with van der Waals surface area (Å²) in [4.78, 5) is 6.97. The van der Waals surface area contributed by atoms with Crippen LogP contribution in [0.4, 0.5) is 0 Å². The van der Waals surface area contributed by atoms with Crippen LogP contribution in [0, 0.1) is 6.92 Å². The van der Waals surface area contributed by atoms with Crippen molar-refractivity contribution in [2.45, 2.75) is 32.7 Å². The van der Waals surface area contributed by atoms with Gasteiger partial charge in [-0.3, -0.25) is 0 Å². The quantitative estimate of drug-likeness (QED) is 0.841. The molecular weight excluding hydrogens is 250 g/mol. The molecule has 108 valence electrons. The first-order valence-electron chi connectivity index (χ1n) is 7.55. The Morgan fingerprint density at radius 3 is 2.95 bits per heavy atom. The van der Waals surface area contributed by atoms with Crippen LogP contribution in [0.15, 0.2) is 18.5 Å². The van der Waals surface area contributed by atoms with Gasteiger partial charge in [-0.15, -0.1) is 0 Å². The van der Waals surface area contributed by atoms with E-state index in [1.165, 1.54) is 37.9 Å². The molecule has 0 saturated carbocycles. The van der Waals surface area contributed by atoms with Crippen molar-refractivity contribution in [3.8, 4) is 0 Å². The Morgan fingerprint density at radius 2 is 2.10 bits per heavy atom. The lowest BCUT2D eigenvalue weighted by Crippen LogP contribution is -2.35. The van der Waals surface area contributed by atoms with Crippen molar-refractivity contribution in [1.29, 1.82) is 0 Å². The van der Waals surface area contributed by atoms with Gasteiger partial charge in [0.15, 0.2) is 5.65 Å². The highest BCUT2D eigenvalue weighted by Crippen LogP contribution is 2.07. The van der Waals surface area contributed by atoms with Gasteiger partial charge in [-0.2, -0.15) is 5.10 Å². The lowest BCUT2D eigenvalue weighted by molar-refractivity contribution is 0.229. The topological polar surface area (TPSA) is 45.5 Å². The molecule has 5 nitrogen and oxygen atoms in total. The summed E-state index contributed by atoms with van der Waals surface area (Å²) in [6, 6.07) is 1.99. The number of aromatic nitrogens is 3. The smallest absolute Gasteiger partial charge is 0.155 e. The first-order chi connectivity index (χ1) is 9.81. The zero-order chi connectivity index (χ0) is 13.8. The minimum Gasteiger partial charge on any atom is -0.311 e. The van der Waals surface area contributed by atoms with Crippen LogP contribution in [-0.2, 0) is 6.54 Å². The number of nitrogens with one attached hydrogen (secondary N) is 1. The number of fused-ring (bicyclic) bond motifs is 1. The van der Waals surface area contributed by atoms with Crippen LogP contribution in [-0.4, -0.2) is 45.7 Å². The fourth-order valence-electron chi connectivity index (χ4n) is 2.78. The average molecular weight is 273 g/mol. The van der Waals surface area contributed by atoms with Crippen molar-refractivity contribution in [2.75, 3.05) is 26.2 Å². The van der Waals surface area contributed by atoms with Gasteiger partial charge in [0, 0.05) is 43.7 Å². The van der Waals surface area contributed by atoms with E-state index in [4.69, 9.17) is 0 Å². The average Bonchev–Trinajstić information content (AvgIpc) is 2.84. The highest BCUT2D eigenvalue weighted by atomic mass is 15.2. The fraction of sp³-hybridized carbons (Fsp3) is 0.600. The van der Waals surface area contributed by atoms with Crippen molar-refractivity contribution in [3.05, 3.63) is 29.7 Å². The first kappa shape index (κ1) is 13.5. The largest absolute Gasteiger partial charge is 0.311 e. The SMILES string of the molecule is Cc1cc2ncc(CNCCN3CCCCC3)cn2n1. The maximum Gasteiger partial charge on any atom is 0.155 e. The van der Waals surface area contributed by atoms with E-state index in [0.717, 1.165) is 31.0 Å². The molecule has 1 saturated heterocycles. The molecule has 0 aromatic carbocycles. The molecule has 0 radical (unpaired) electrons. The zero-order valence-electron chi connectivity index (χ0n) is 12.2. The van der Waals surface area contributed by atoms with Gasteiger partial charge in [-0.1, -0.05) is 6.42 Å². The Hall–Kier alpha value is -1.46. The van der Waals surface area contributed by atoms with Gasteiger partial charge in [-0.25, -0.2) is 9.50 Å². The highest BCUT2D eigenvalue weighted by molar-refractivity contribution is 5.38. The van der Waals surface area contributed by atoms with E-state index in [1.54, 1.807) is 0 Å². The second kappa shape index (κ2) is 6.33. The van der Waals surface area contributed by atoms with E-state index in [0.29, 0.717) is 0 Å². The minimum atomic E-state index is 0.857. The molecule has 1 N–H and O–H groups in total. The lowest BCUT2D eigenvalue weighted by Gasteiger charge is -2.26. The Bertz CT molecular complexity index is 556. The van der Waals surface area contributed by atoms with E-state index < -0.39 is 0 Å². The molecule has 20 heavy (non-hydrogen) atoms. The van der Waals surface area contributed by atoms with Gasteiger partial charge in [0.2, 0.25) is 0 Å². The molecule has 0 amide bonds. The molecule has 0 spiro atoms. The summed E-state index contributed by atoms with van der Waals surface area (Å²) in [6.07, 6.45) is 8.12. The number of rotatable bonds is 5. The minimum absolute atomic E-state index is 0.857. The summed E-state index contributed by atoms with van der Waals surface area (Å²) in [5, 5.41) is 7.89. The molecule has 2 aromatic rings. The van der Waals surface area contributed by atoms with E-state index >= 15 is 0 Å². The first-order valence-corrected chi connectivity index (χ1v) is 7.55. The number of likely N-dealkylation sites (tertiary alicyclic amines) is 1. The molecule has 1 aliphatic heterocycles. The third-order valence-corrected chi connectivity index (χ3v) is 3.87. The van der Waals surface area contributed by atoms with Crippen LogP contribution in [0.1, 0.15) is 30.5 Å². The molecule has 5 heteroatoms. The summed E-state index contributed by atoms with van der Waals surface area (Å²) >= 11 is 0. The van der Waals surface area contributed by atoms with Crippen molar-refractivity contribution >= 4 is 5.65 Å². The molecule has 0 bridgehead atoms. The highest BCUT2D eigenvalue weighted by Gasteiger charge is 2.08. The molecule has 3 heterocycles. The number of hydrogen-bond acceptors (Lipinski definition) is 4. The van der Waals surface area contributed by atoms with Crippen molar-refractivity contribution in [2.24, 2.45) is 0 Å². The molecule has 1 fully saturated rings. The van der Waals surface area contributed by atoms with Crippen LogP contribution >= 0.6 is 0 Å². The third kappa shape index (κ3) is 3.35. The van der Waals surface area contributed by atoms with Gasteiger partial charge < -0.3 is 10.2 Å². The van der Waals surface area contributed by atoms with Gasteiger partial charge in [0.05, 0.1) is 5.69 Å². The molecule has 0 unspecified atom stereocenters. The van der Waals surface area contributed by atoms with E-state index in [2.05, 4.69) is 26.5 Å². The standard InChI is InChI=1S/C15H23N5/c1-13-9-15-17-11-14(12-20(15)18-13)10-16-5-8-19-6-3-2-4-7-19/h9,11-12,16H,2-8,10H2,1H3. The second-order valence-electron chi connectivity index (χ2n) is 5.63. The maximum absolute atomic E-state index is 4.42. The second-order valence-corrected chi connectivity index (χ2v) is 5.63. The Balaban J connectivity index is 1.46. The number of aryl methyl sites for hydroxylation is 1. The molecular formula is C15H23N5. The summed E-state index contributed by atoms with van der Waals surface area (Å²) < 4.78 is 1.86. The third-order valence-electron chi connectivity index (χ3n) is 3.87. The van der Waals surface area contributed by atoms with Crippen molar-refractivity contribution in [1.82, 2.24) is 24.8 Å². The van der Waals surface area contributed by atoms with E-state index in [9.17, 15) is 0 Å². The summed E-state index contributed by atoms with van der Waals surface area (Å²) in [7, 11) is 0. The Kier molecular flexibility index (Phi) is 4.28. The van der Waals surface area contributed by atoms with Crippen LogP contribution < -0.4 is 5.32 Å². The molecule has 0 aliphatic carbocycles. The summed E-state index contributed by atoms with van der Waals surface area (Å²) in [5.41, 5.74) is 3.10. The number of hydrogen-bond donors (Lipinski definition) is 1. The van der Waals surface area contributed by atoms with Crippen LogP contribution in [0.3, 0.4) is 0 Å². The van der Waals surface area contributed by atoms with Crippen molar-refractivity contribution < 1.29 is 0 Å². The van der Waals surface area contributed by atoms with Crippen molar-refractivity contribution in [3.63, 3.8) is 0 Å². The van der Waals surface area contributed by atoms with Crippen LogP contribution in [0.5, 0.6) is 0 Å². The Morgan fingerprint density at radius 1 is 1.25 bits per heavy atom. The van der Waals surface area contributed by atoms with Gasteiger partial charge >= 0.3 is 0 Å². The van der Waals surface area contributed by atoms with Gasteiger partial charge in [-0.05, 0) is 32.9 Å². The van der Waals surface area contributed by atoms with E-state index in [1.807, 2.05) is 23.7 Å². The predicted octanol–water partition coefficient (Wildman–Crippen LogP) is 1.61. The summed E-state index contributed by atoms with van der Waals surface area (Å²) in [5.74, 6) is 0. The van der Waals surface area contributed by atoms with Crippen LogP contribution in [0.2, 0.25) is 0 Å². The maximum atomic E-state index is 4.42. The molecule has 1 aliphatic rings. The normalized spacial score (nSPS) is 16.9. The number of nitrogens with zero attached hydrogens (tertiary/aromatic N) is 4. The monoisotopic (exact) mass is 273 g/mol. The molecule has 3 rings (SSSR count). The predicted molar refractivity (Wildman–Crippen MR) is 79.7 cm³/mol. The van der Waals surface area contributed by atoms with Crippen LogP contribution in [0.25, 0.3) is 5.65 Å². The lowest BCUT2D eigenvalue weighted by atomic mass is 10.1. The van der Waals surface area contributed by atoms with Gasteiger partial charge in [0.1, 0.15) is 0 Å². The van der Waals surface area contributed by atoms with E-state index in [-0.39, 0.29) is 0 Å².